The van der Waals surface area contributed by atoms with E-state index in [9.17, 15) is 4.79 Å². The third-order valence-corrected chi connectivity index (χ3v) is 5.29. The van der Waals surface area contributed by atoms with Crippen molar-refractivity contribution in [1.29, 1.82) is 0 Å². The van der Waals surface area contributed by atoms with E-state index in [2.05, 4.69) is 17.1 Å². The van der Waals surface area contributed by atoms with E-state index in [4.69, 9.17) is 14.2 Å². The van der Waals surface area contributed by atoms with Gasteiger partial charge in [0.05, 0.1) is 18.9 Å². The van der Waals surface area contributed by atoms with E-state index in [1.54, 1.807) is 6.92 Å². The lowest BCUT2D eigenvalue weighted by molar-refractivity contribution is -0.149. The van der Waals surface area contributed by atoms with Crippen molar-refractivity contribution in [2.24, 2.45) is 0 Å². The molecule has 1 heterocycles. The summed E-state index contributed by atoms with van der Waals surface area (Å²) in [5, 5.41) is 8.43. The van der Waals surface area contributed by atoms with E-state index in [0.717, 1.165) is 36.5 Å². The fourth-order valence-electron chi connectivity index (χ4n) is 3.26. The van der Waals surface area contributed by atoms with E-state index in [0.29, 0.717) is 25.3 Å². The molecule has 1 aromatic carbocycles. The molecule has 0 aliphatic carbocycles. The summed E-state index contributed by atoms with van der Waals surface area (Å²) in [6.45, 7) is 7.20. The van der Waals surface area contributed by atoms with Crippen LogP contribution in [-0.2, 0) is 9.53 Å². The summed E-state index contributed by atoms with van der Waals surface area (Å²) in [5.74, 6) is 1.16. The van der Waals surface area contributed by atoms with Crippen LogP contribution in [0.15, 0.2) is 36.4 Å². The minimum absolute atomic E-state index is 0.128. The summed E-state index contributed by atoms with van der Waals surface area (Å²) < 4.78 is 16.9. The average Bonchev–Trinajstić information content (AvgIpc) is 2.83. The molecule has 0 fully saturated rings. The van der Waals surface area contributed by atoms with Crippen LogP contribution in [0.2, 0.25) is 0 Å². The lowest BCUT2D eigenvalue weighted by Crippen LogP contribution is -2.19. The Hall–Kier alpha value is -2.63. The van der Waals surface area contributed by atoms with Crippen LogP contribution in [0.4, 0.5) is 0 Å². The lowest BCUT2D eigenvalue weighted by atomic mass is 10.1. The molecule has 6 heteroatoms. The molecule has 32 heavy (non-hydrogen) atoms. The molecular formula is C26H38N2O4. The van der Waals surface area contributed by atoms with Crippen molar-refractivity contribution >= 4 is 5.97 Å². The minimum atomic E-state index is -0.181. The van der Waals surface area contributed by atoms with Gasteiger partial charge in [0.2, 0.25) is 5.88 Å². The zero-order valence-corrected chi connectivity index (χ0v) is 19.8. The first-order valence-electron chi connectivity index (χ1n) is 12.1. The van der Waals surface area contributed by atoms with Crippen molar-refractivity contribution in [3.8, 4) is 22.9 Å². The van der Waals surface area contributed by atoms with Gasteiger partial charge in [0, 0.05) is 24.5 Å². The van der Waals surface area contributed by atoms with Crippen molar-refractivity contribution in [3.63, 3.8) is 0 Å². The molecule has 0 bridgehead atoms. The predicted octanol–water partition coefficient (Wildman–Crippen LogP) is 6.38. The molecule has 1 unspecified atom stereocenters. The van der Waals surface area contributed by atoms with E-state index in [-0.39, 0.29) is 12.1 Å². The van der Waals surface area contributed by atoms with Gasteiger partial charge in [-0.05, 0) is 43.2 Å². The summed E-state index contributed by atoms with van der Waals surface area (Å²) in [5.41, 5.74) is 1.76. The molecule has 0 saturated carbocycles. The van der Waals surface area contributed by atoms with Crippen LogP contribution in [0, 0.1) is 0 Å². The van der Waals surface area contributed by atoms with Crippen LogP contribution in [0.3, 0.4) is 0 Å². The fraction of sp³-hybridized carbons (Fsp3) is 0.577. The van der Waals surface area contributed by atoms with Crippen LogP contribution in [0.1, 0.15) is 78.6 Å². The number of benzene rings is 1. The average molecular weight is 443 g/mol. The van der Waals surface area contributed by atoms with Gasteiger partial charge in [0.1, 0.15) is 11.9 Å². The van der Waals surface area contributed by atoms with E-state index in [1.165, 1.54) is 32.1 Å². The Labute approximate surface area is 192 Å². The molecule has 0 amide bonds. The molecule has 2 aromatic rings. The number of hydrogen-bond acceptors (Lipinski definition) is 6. The zero-order valence-electron chi connectivity index (χ0n) is 19.8. The SMILES string of the molecule is CCCCCCCCOc1ccc(-c2ccc(OCCC(CC)OC(=O)CC)nn2)cc1. The monoisotopic (exact) mass is 442 g/mol. The number of esters is 1. The number of ether oxygens (including phenoxy) is 3. The Kier molecular flexibility index (Phi) is 12.2. The molecule has 6 nitrogen and oxygen atoms in total. The summed E-state index contributed by atoms with van der Waals surface area (Å²) in [7, 11) is 0. The van der Waals surface area contributed by atoms with Crippen LogP contribution in [0.5, 0.6) is 11.6 Å². The van der Waals surface area contributed by atoms with Gasteiger partial charge in [-0.15, -0.1) is 10.2 Å². The van der Waals surface area contributed by atoms with Gasteiger partial charge in [-0.1, -0.05) is 52.9 Å². The van der Waals surface area contributed by atoms with Crippen molar-refractivity contribution in [2.45, 2.75) is 84.7 Å². The van der Waals surface area contributed by atoms with Gasteiger partial charge in [-0.25, -0.2) is 0 Å². The molecule has 1 aromatic heterocycles. The van der Waals surface area contributed by atoms with Crippen molar-refractivity contribution < 1.29 is 19.0 Å². The van der Waals surface area contributed by atoms with Gasteiger partial charge in [-0.3, -0.25) is 4.79 Å². The van der Waals surface area contributed by atoms with Crippen LogP contribution in [0.25, 0.3) is 11.3 Å². The lowest BCUT2D eigenvalue weighted by Gasteiger charge is -2.15. The maximum atomic E-state index is 11.4. The van der Waals surface area contributed by atoms with Crippen molar-refractivity contribution in [1.82, 2.24) is 10.2 Å². The molecule has 0 aliphatic rings. The largest absolute Gasteiger partial charge is 0.494 e. The Bertz CT molecular complexity index is 762. The fourth-order valence-corrected chi connectivity index (χ4v) is 3.26. The van der Waals surface area contributed by atoms with Crippen molar-refractivity contribution in [3.05, 3.63) is 36.4 Å². The third kappa shape index (κ3) is 9.67. The summed E-state index contributed by atoms with van der Waals surface area (Å²) in [6.07, 6.45) is 9.19. The Balaban J connectivity index is 1.73. The standard InChI is InChI=1S/C26H38N2O4/c1-4-7-8-9-10-11-19-30-23-14-12-21(13-15-23)24-16-17-25(28-27-24)31-20-18-22(5-2)32-26(29)6-3/h12-17,22H,4-11,18-20H2,1-3H3. The minimum Gasteiger partial charge on any atom is -0.494 e. The van der Waals surface area contributed by atoms with Crippen LogP contribution >= 0.6 is 0 Å². The first kappa shape index (κ1) is 25.6. The molecule has 2 rings (SSSR count). The zero-order chi connectivity index (χ0) is 23.0. The number of unbranched alkanes of at least 4 members (excludes halogenated alkanes) is 5. The maximum absolute atomic E-state index is 11.4. The van der Waals surface area contributed by atoms with Gasteiger partial charge < -0.3 is 14.2 Å². The van der Waals surface area contributed by atoms with E-state index >= 15 is 0 Å². The van der Waals surface area contributed by atoms with Crippen molar-refractivity contribution in [2.75, 3.05) is 13.2 Å². The Morgan fingerprint density at radius 1 is 0.844 bits per heavy atom. The van der Waals surface area contributed by atoms with E-state index < -0.39 is 0 Å². The van der Waals surface area contributed by atoms with Gasteiger partial charge in [-0.2, -0.15) is 0 Å². The highest BCUT2D eigenvalue weighted by atomic mass is 16.5. The third-order valence-electron chi connectivity index (χ3n) is 5.29. The summed E-state index contributed by atoms with van der Waals surface area (Å²) in [6, 6.07) is 11.6. The molecule has 0 aliphatic heterocycles. The molecule has 0 radical (unpaired) electrons. The first-order chi connectivity index (χ1) is 15.7. The Morgan fingerprint density at radius 3 is 2.25 bits per heavy atom. The molecule has 1 atom stereocenters. The second-order valence-corrected chi connectivity index (χ2v) is 7.91. The number of carbonyl (C=O) groups is 1. The number of carbonyl (C=O) groups excluding carboxylic acids is 1. The molecule has 0 spiro atoms. The number of aromatic nitrogens is 2. The molecule has 0 saturated heterocycles. The quantitative estimate of drug-likeness (QED) is 0.222. The maximum Gasteiger partial charge on any atom is 0.305 e. The highest BCUT2D eigenvalue weighted by Gasteiger charge is 2.11. The smallest absolute Gasteiger partial charge is 0.305 e. The van der Waals surface area contributed by atoms with Crippen LogP contribution in [-0.4, -0.2) is 35.5 Å². The topological polar surface area (TPSA) is 70.5 Å². The first-order valence-corrected chi connectivity index (χ1v) is 12.1. The highest BCUT2D eigenvalue weighted by Crippen LogP contribution is 2.22. The second kappa shape index (κ2) is 15.2. The highest BCUT2D eigenvalue weighted by molar-refractivity contribution is 5.69. The number of rotatable bonds is 16. The number of nitrogens with zero attached hydrogens (tertiary/aromatic N) is 2. The van der Waals surface area contributed by atoms with Crippen LogP contribution < -0.4 is 9.47 Å². The Morgan fingerprint density at radius 2 is 1.59 bits per heavy atom. The van der Waals surface area contributed by atoms with Gasteiger partial charge in [0.25, 0.3) is 0 Å². The summed E-state index contributed by atoms with van der Waals surface area (Å²) >= 11 is 0. The number of hydrogen-bond donors (Lipinski definition) is 0. The summed E-state index contributed by atoms with van der Waals surface area (Å²) in [4.78, 5) is 11.4. The molecular weight excluding hydrogens is 404 g/mol. The second-order valence-electron chi connectivity index (χ2n) is 7.91. The van der Waals surface area contributed by atoms with E-state index in [1.807, 2.05) is 43.3 Å². The van der Waals surface area contributed by atoms with Gasteiger partial charge >= 0.3 is 5.97 Å². The molecule has 176 valence electrons. The molecule has 0 N–H and O–H groups in total. The van der Waals surface area contributed by atoms with Gasteiger partial charge in [0.15, 0.2) is 0 Å². The normalized spacial score (nSPS) is 11.7. The predicted molar refractivity (Wildman–Crippen MR) is 127 cm³/mol.